The summed E-state index contributed by atoms with van der Waals surface area (Å²) in [6.07, 6.45) is 8.22. The molecule has 3 nitrogen and oxygen atoms in total. The van der Waals surface area contributed by atoms with Crippen molar-refractivity contribution in [2.24, 2.45) is 5.92 Å². The summed E-state index contributed by atoms with van der Waals surface area (Å²) in [5.74, 6) is 0.727. The summed E-state index contributed by atoms with van der Waals surface area (Å²) < 4.78 is 5.53. The summed E-state index contributed by atoms with van der Waals surface area (Å²) in [7, 11) is 0. The number of piperazine rings is 1. The number of hydrogen-bond acceptors (Lipinski definition) is 3. The van der Waals surface area contributed by atoms with Crippen LogP contribution in [-0.2, 0) is 4.74 Å². The van der Waals surface area contributed by atoms with E-state index < -0.39 is 0 Å². The van der Waals surface area contributed by atoms with Crippen LogP contribution in [0.2, 0.25) is 0 Å². The van der Waals surface area contributed by atoms with Gasteiger partial charge in [0.25, 0.3) is 0 Å². The average Bonchev–Trinajstić information content (AvgIpc) is 2.46. The monoisotopic (exact) mass is 282 g/mol. The molecule has 0 aromatic carbocycles. The summed E-state index contributed by atoms with van der Waals surface area (Å²) in [6.45, 7) is 12.2. The lowest BCUT2D eigenvalue weighted by molar-refractivity contribution is -0.00388. The van der Waals surface area contributed by atoms with Crippen LogP contribution in [0.15, 0.2) is 0 Å². The Balaban J connectivity index is 1.94. The molecule has 0 amide bonds. The molecule has 1 unspecified atom stereocenters. The van der Waals surface area contributed by atoms with Gasteiger partial charge in [-0.2, -0.15) is 0 Å². The summed E-state index contributed by atoms with van der Waals surface area (Å²) in [5, 5.41) is 3.84. The standard InChI is InChI=1S/C17H34N2O/c1-4-20-12-8-11-19-13-16(15(2)3)18-14-17(19)9-6-5-7-10-17/h15-16,18H,4-14H2,1-3H3. The highest BCUT2D eigenvalue weighted by Gasteiger charge is 2.42. The highest BCUT2D eigenvalue weighted by molar-refractivity contribution is 5.00. The molecule has 1 saturated heterocycles. The lowest BCUT2D eigenvalue weighted by atomic mass is 9.77. The van der Waals surface area contributed by atoms with Crippen LogP contribution in [0.4, 0.5) is 0 Å². The van der Waals surface area contributed by atoms with Crippen molar-refractivity contribution in [3.63, 3.8) is 0 Å². The van der Waals surface area contributed by atoms with Crippen molar-refractivity contribution >= 4 is 0 Å². The van der Waals surface area contributed by atoms with Gasteiger partial charge in [0.15, 0.2) is 0 Å². The molecule has 1 N–H and O–H groups in total. The summed E-state index contributed by atoms with van der Waals surface area (Å²) in [6, 6.07) is 0.662. The van der Waals surface area contributed by atoms with Crippen molar-refractivity contribution in [1.82, 2.24) is 10.2 Å². The third kappa shape index (κ3) is 3.96. The fourth-order valence-corrected chi connectivity index (χ4v) is 3.91. The first-order valence-electron chi connectivity index (χ1n) is 8.74. The first kappa shape index (κ1) is 16.3. The molecule has 0 aromatic rings. The van der Waals surface area contributed by atoms with E-state index in [1.54, 1.807) is 0 Å². The van der Waals surface area contributed by atoms with Gasteiger partial charge < -0.3 is 10.1 Å². The van der Waals surface area contributed by atoms with Crippen LogP contribution in [0.5, 0.6) is 0 Å². The topological polar surface area (TPSA) is 24.5 Å². The second-order valence-electron chi connectivity index (χ2n) is 7.01. The van der Waals surface area contributed by atoms with Gasteiger partial charge in [0.2, 0.25) is 0 Å². The van der Waals surface area contributed by atoms with Crippen molar-refractivity contribution < 1.29 is 4.74 Å². The maximum absolute atomic E-state index is 5.53. The first-order chi connectivity index (χ1) is 9.68. The minimum absolute atomic E-state index is 0.454. The predicted molar refractivity (Wildman–Crippen MR) is 85.1 cm³/mol. The van der Waals surface area contributed by atoms with Gasteiger partial charge in [-0.15, -0.1) is 0 Å². The number of nitrogens with one attached hydrogen (secondary N) is 1. The lowest BCUT2D eigenvalue weighted by Gasteiger charge is -2.53. The van der Waals surface area contributed by atoms with Crippen LogP contribution in [0.25, 0.3) is 0 Å². The van der Waals surface area contributed by atoms with E-state index in [1.807, 2.05) is 0 Å². The van der Waals surface area contributed by atoms with Crippen LogP contribution < -0.4 is 5.32 Å². The Labute approximate surface area is 125 Å². The van der Waals surface area contributed by atoms with E-state index in [1.165, 1.54) is 58.2 Å². The minimum Gasteiger partial charge on any atom is -0.382 e. The molecule has 1 aliphatic heterocycles. The lowest BCUT2D eigenvalue weighted by Crippen LogP contribution is -2.66. The van der Waals surface area contributed by atoms with E-state index in [0.717, 1.165) is 19.1 Å². The Morgan fingerprint density at radius 3 is 2.65 bits per heavy atom. The van der Waals surface area contributed by atoms with Crippen LogP contribution in [0.3, 0.4) is 0 Å². The van der Waals surface area contributed by atoms with Crippen molar-refractivity contribution in [1.29, 1.82) is 0 Å². The molecular formula is C17H34N2O. The normalized spacial score (nSPS) is 27.3. The van der Waals surface area contributed by atoms with Crippen LogP contribution in [0, 0.1) is 5.92 Å². The largest absolute Gasteiger partial charge is 0.382 e. The van der Waals surface area contributed by atoms with E-state index in [9.17, 15) is 0 Å². The Bertz CT molecular complexity index is 274. The van der Waals surface area contributed by atoms with Crippen molar-refractivity contribution in [2.75, 3.05) is 32.8 Å². The van der Waals surface area contributed by atoms with Gasteiger partial charge in [-0.25, -0.2) is 0 Å². The molecule has 2 rings (SSSR count). The number of ether oxygens (including phenoxy) is 1. The molecule has 0 bridgehead atoms. The van der Waals surface area contributed by atoms with Crippen LogP contribution in [-0.4, -0.2) is 49.3 Å². The number of rotatable bonds is 6. The number of nitrogens with zero attached hydrogens (tertiary/aromatic N) is 1. The molecule has 1 atom stereocenters. The quantitative estimate of drug-likeness (QED) is 0.758. The summed E-state index contributed by atoms with van der Waals surface area (Å²) in [4.78, 5) is 2.81. The van der Waals surface area contributed by atoms with Crippen molar-refractivity contribution in [3.8, 4) is 0 Å². The van der Waals surface area contributed by atoms with E-state index in [2.05, 4.69) is 31.0 Å². The van der Waals surface area contributed by atoms with Gasteiger partial charge in [-0.1, -0.05) is 33.1 Å². The van der Waals surface area contributed by atoms with E-state index in [0.29, 0.717) is 11.6 Å². The average molecular weight is 282 g/mol. The van der Waals surface area contributed by atoms with E-state index in [-0.39, 0.29) is 0 Å². The Hall–Kier alpha value is -0.120. The number of hydrogen-bond donors (Lipinski definition) is 1. The van der Waals surface area contributed by atoms with Gasteiger partial charge in [-0.3, -0.25) is 4.90 Å². The molecular weight excluding hydrogens is 248 g/mol. The van der Waals surface area contributed by atoms with Crippen LogP contribution in [0.1, 0.15) is 59.3 Å². The fourth-order valence-electron chi connectivity index (χ4n) is 3.91. The van der Waals surface area contributed by atoms with Gasteiger partial charge in [0.1, 0.15) is 0 Å². The van der Waals surface area contributed by atoms with Gasteiger partial charge in [0, 0.05) is 44.4 Å². The summed E-state index contributed by atoms with van der Waals surface area (Å²) in [5.41, 5.74) is 0.454. The fraction of sp³-hybridized carbons (Fsp3) is 1.00. The second kappa shape index (κ2) is 7.77. The molecule has 0 aromatic heterocycles. The van der Waals surface area contributed by atoms with Crippen LogP contribution >= 0.6 is 0 Å². The molecule has 3 heteroatoms. The van der Waals surface area contributed by atoms with Gasteiger partial charge in [0.05, 0.1) is 0 Å². The smallest absolute Gasteiger partial charge is 0.0478 e. The van der Waals surface area contributed by atoms with Gasteiger partial charge in [-0.05, 0) is 32.1 Å². The molecule has 20 heavy (non-hydrogen) atoms. The second-order valence-corrected chi connectivity index (χ2v) is 7.01. The minimum atomic E-state index is 0.454. The predicted octanol–water partition coefficient (Wildman–Crippen LogP) is 3.05. The molecule has 2 aliphatic rings. The molecule has 0 radical (unpaired) electrons. The van der Waals surface area contributed by atoms with Crippen molar-refractivity contribution in [3.05, 3.63) is 0 Å². The maximum atomic E-state index is 5.53. The molecule has 1 heterocycles. The molecule has 118 valence electrons. The molecule has 1 saturated carbocycles. The third-order valence-electron chi connectivity index (χ3n) is 5.29. The zero-order valence-corrected chi connectivity index (χ0v) is 13.8. The Morgan fingerprint density at radius 2 is 2.00 bits per heavy atom. The van der Waals surface area contributed by atoms with Crippen molar-refractivity contribution in [2.45, 2.75) is 70.9 Å². The molecule has 1 spiro atoms. The third-order valence-corrected chi connectivity index (χ3v) is 5.29. The molecule has 1 aliphatic carbocycles. The Morgan fingerprint density at radius 1 is 1.25 bits per heavy atom. The highest BCUT2D eigenvalue weighted by atomic mass is 16.5. The van der Waals surface area contributed by atoms with E-state index >= 15 is 0 Å². The highest BCUT2D eigenvalue weighted by Crippen LogP contribution is 2.36. The summed E-state index contributed by atoms with van der Waals surface area (Å²) >= 11 is 0. The SMILES string of the molecule is CCOCCCN1CC(C(C)C)NCC12CCCCC2. The van der Waals surface area contributed by atoms with Gasteiger partial charge >= 0.3 is 0 Å². The maximum Gasteiger partial charge on any atom is 0.0478 e. The Kier molecular flexibility index (Phi) is 6.31. The first-order valence-corrected chi connectivity index (χ1v) is 8.74. The zero-order valence-electron chi connectivity index (χ0n) is 13.8. The zero-order chi connectivity index (χ0) is 14.4. The van der Waals surface area contributed by atoms with E-state index in [4.69, 9.17) is 4.74 Å². The molecule has 2 fully saturated rings.